The number of hydrogen-bond acceptors (Lipinski definition) is 2. The van der Waals surface area contributed by atoms with Gasteiger partial charge in [-0.1, -0.05) is 19.3 Å². The van der Waals surface area contributed by atoms with E-state index in [9.17, 15) is 35.9 Å². The highest BCUT2D eigenvalue weighted by molar-refractivity contribution is 6.04. The van der Waals surface area contributed by atoms with E-state index in [0.29, 0.717) is 6.42 Å². The second-order valence-electron chi connectivity index (χ2n) is 4.66. The third-order valence-corrected chi connectivity index (χ3v) is 3.42. The van der Waals surface area contributed by atoms with Crippen LogP contribution < -0.4 is 0 Å². The maximum atomic E-state index is 13.0. The average Bonchev–Trinajstić information content (AvgIpc) is 2.27. The number of halogens is 6. The molecule has 0 heterocycles. The number of rotatable bonds is 3. The molecule has 0 spiro atoms. The van der Waals surface area contributed by atoms with Crippen molar-refractivity contribution in [2.75, 3.05) is 0 Å². The van der Waals surface area contributed by atoms with Crippen LogP contribution in [0.25, 0.3) is 0 Å². The largest absolute Gasteiger partial charge is 0.450 e. The monoisotopic (exact) mass is 290 g/mol. The van der Waals surface area contributed by atoms with Crippen LogP contribution in [0.15, 0.2) is 0 Å². The van der Waals surface area contributed by atoms with Gasteiger partial charge < -0.3 is 0 Å². The van der Waals surface area contributed by atoms with Crippen LogP contribution in [0.1, 0.15) is 38.5 Å². The summed E-state index contributed by atoms with van der Waals surface area (Å²) in [5.41, 5.74) is -2.79. The zero-order valence-electron chi connectivity index (χ0n) is 9.83. The first-order chi connectivity index (χ1) is 8.51. The molecule has 0 radical (unpaired) electrons. The Hall–Kier alpha value is -1.08. The van der Waals surface area contributed by atoms with Crippen molar-refractivity contribution in [1.29, 1.82) is 0 Å². The fourth-order valence-electron chi connectivity index (χ4n) is 2.29. The number of carbonyl (C=O) groups is 2. The van der Waals surface area contributed by atoms with Crippen molar-refractivity contribution < 1.29 is 35.9 Å². The van der Waals surface area contributed by atoms with Gasteiger partial charge in [-0.3, -0.25) is 9.59 Å². The second kappa shape index (κ2) is 5.13. The minimum absolute atomic E-state index is 0.117. The number of Topliss-reactive ketones (excluding diaryl/α,β-unsaturated/α-hetero) is 2. The molecule has 8 heteroatoms. The highest BCUT2D eigenvalue weighted by Gasteiger charge is 2.60. The van der Waals surface area contributed by atoms with E-state index in [4.69, 9.17) is 0 Å². The van der Waals surface area contributed by atoms with E-state index in [0.717, 1.165) is 0 Å². The molecule has 0 aromatic rings. The van der Waals surface area contributed by atoms with Gasteiger partial charge in [0.15, 0.2) is 5.78 Å². The molecule has 1 rings (SSSR count). The van der Waals surface area contributed by atoms with E-state index < -0.39 is 48.6 Å². The molecule has 0 atom stereocenters. The molecule has 0 aliphatic heterocycles. The van der Waals surface area contributed by atoms with E-state index in [-0.39, 0.29) is 12.8 Å². The SMILES string of the molecule is O=C(CC(=O)C1(C(F)(F)F)CCCCC1)C(F)(F)F. The Bertz CT molecular complexity index is 362. The van der Waals surface area contributed by atoms with Gasteiger partial charge in [0.25, 0.3) is 0 Å². The van der Waals surface area contributed by atoms with Gasteiger partial charge in [0.05, 0.1) is 6.42 Å². The predicted octanol–water partition coefficient (Wildman–Crippen LogP) is 3.59. The summed E-state index contributed by atoms with van der Waals surface area (Å²) >= 11 is 0. The van der Waals surface area contributed by atoms with E-state index in [2.05, 4.69) is 0 Å². The first-order valence-corrected chi connectivity index (χ1v) is 5.71. The summed E-state index contributed by atoms with van der Waals surface area (Å²) < 4.78 is 75.0. The van der Waals surface area contributed by atoms with Crippen LogP contribution in [-0.4, -0.2) is 23.9 Å². The molecule has 19 heavy (non-hydrogen) atoms. The molecule has 0 bridgehead atoms. The predicted molar refractivity (Wildman–Crippen MR) is 52.3 cm³/mol. The lowest BCUT2D eigenvalue weighted by atomic mass is 9.69. The lowest BCUT2D eigenvalue weighted by Crippen LogP contribution is -2.47. The summed E-state index contributed by atoms with van der Waals surface area (Å²) in [6.45, 7) is 0. The average molecular weight is 290 g/mol. The normalized spacial score (nSPS) is 20.1. The Kier molecular flexibility index (Phi) is 4.31. The molecule has 110 valence electrons. The third-order valence-electron chi connectivity index (χ3n) is 3.42. The highest BCUT2D eigenvalue weighted by atomic mass is 19.4. The fourth-order valence-corrected chi connectivity index (χ4v) is 2.29. The second-order valence-corrected chi connectivity index (χ2v) is 4.66. The van der Waals surface area contributed by atoms with E-state index in [1.807, 2.05) is 0 Å². The van der Waals surface area contributed by atoms with Crippen LogP contribution in [0.5, 0.6) is 0 Å². The van der Waals surface area contributed by atoms with Crippen molar-refractivity contribution >= 4 is 11.6 Å². The van der Waals surface area contributed by atoms with Gasteiger partial charge in [0, 0.05) is 0 Å². The summed E-state index contributed by atoms with van der Waals surface area (Å²) in [6, 6.07) is 0. The maximum absolute atomic E-state index is 13.0. The number of hydrogen-bond donors (Lipinski definition) is 0. The van der Waals surface area contributed by atoms with Crippen molar-refractivity contribution in [2.45, 2.75) is 50.9 Å². The molecular weight excluding hydrogens is 278 g/mol. The van der Waals surface area contributed by atoms with Crippen LogP contribution in [-0.2, 0) is 9.59 Å². The van der Waals surface area contributed by atoms with Crippen LogP contribution >= 0.6 is 0 Å². The number of alkyl halides is 6. The molecule has 1 aliphatic carbocycles. The molecular formula is C11H12F6O2. The Morgan fingerprint density at radius 3 is 1.74 bits per heavy atom. The van der Waals surface area contributed by atoms with Crippen LogP contribution in [0.3, 0.4) is 0 Å². The van der Waals surface area contributed by atoms with Gasteiger partial charge in [-0.2, -0.15) is 26.3 Å². The standard InChI is InChI=1S/C11H12F6O2/c12-10(13,14)8(19)6-7(18)9(11(15,16)17)4-2-1-3-5-9/h1-6H2. The van der Waals surface area contributed by atoms with Gasteiger partial charge in [-0.15, -0.1) is 0 Å². The summed E-state index contributed by atoms with van der Waals surface area (Å²) in [5, 5.41) is 0. The van der Waals surface area contributed by atoms with E-state index in [1.54, 1.807) is 0 Å². The third kappa shape index (κ3) is 3.27. The van der Waals surface area contributed by atoms with Crippen LogP contribution in [0.2, 0.25) is 0 Å². The number of carbonyl (C=O) groups excluding carboxylic acids is 2. The molecule has 1 aliphatic rings. The topological polar surface area (TPSA) is 34.1 Å². The maximum Gasteiger partial charge on any atom is 0.450 e. The zero-order chi connectivity index (χ0) is 14.9. The number of ketones is 2. The molecule has 0 unspecified atom stereocenters. The Balaban J connectivity index is 2.94. The van der Waals surface area contributed by atoms with Gasteiger partial charge in [0.1, 0.15) is 5.41 Å². The van der Waals surface area contributed by atoms with Gasteiger partial charge in [-0.05, 0) is 12.8 Å². The van der Waals surface area contributed by atoms with E-state index in [1.165, 1.54) is 0 Å². The molecule has 1 fully saturated rings. The molecule has 0 N–H and O–H groups in total. The quantitative estimate of drug-likeness (QED) is 0.588. The van der Waals surface area contributed by atoms with Crippen molar-refractivity contribution in [2.24, 2.45) is 5.41 Å². The minimum Gasteiger partial charge on any atom is -0.298 e. The van der Waals surface area contributed by atoms with Gasteiger partial charge >= 0.3 is 12.4 Å². The minimum atomic E-state index is -5.28. The lowest BCUT2D eigenvalue weighted by molar-refractivity contribution is -0.229. The van der Waals surface area contributed by atoms with Crippen LogP contribution in [0, 0.1) is 5.41 Å². The lowest BCUT2D eigenvalue weighted by Gasteiger charge is -2.37. The Morgan fingerprint density at radius 2 is 1.37 bits per heavy atom. The Labute approximate surface area is 105 Å². The van der Waals surface area contributed by atoms with Gasteiger partial charge in [-0.25, -0.2) is 0 Å². The Morgan fingerprint density at radius 1 is 0.895 bits per heavy atom. The fraction of sp³-hybridized carbons (Fsp3) is 0.818. The summed E-state index contributed by atoms with van der Waals surface area (Å²) in [4.78, 5) is 22.3. The zero-order valence-corrected chi connectivity index (χ0v) is 9.83. The molecule has 0 aromatic carbocycles. The van der Waals surface area contributed by atoms with Crippen molar-refractivity contribution in [1.82, 2.24) is 0 Å². The molecule has 0 aromatic heterocycles. The van der Waals surface area contributed by atoms with Gasteiger partial charge in [0.2, 0.25) is 5.78 Å². The molecule has 0 saturated heterocycles. The molecule has 2 nitrogen and oxygen atoms in total. The summed E-state index contributed by atoms with van der Waals surface area (Å²) in [5.74, 6) is -4.09. The summed E-state index contributed by atoms with van der Waals surface area (Å²) in [6.07, 6.45) is -12.3. The van der Waals surface area contributed by atoms with Crippen LogP contribution in [0.4, 0.5) is 26.3 Å². The smallest absolute Gasteiger partial charge is 0.298 e. The molecule has 1 saturated carbocycles. The van der Waals surface area contributed by atoms with Crippen molar-refractivity contribution in [3.8, 4) is 0 Å². The summed E-state index contributed by atoms with van der Waals surface area (Å²) in [7, 11) is 0. The first kappa shape index (κ1) is 16.0. The molecule has 0 amide bonds. The van der Waals surface area contributed by atoms with Crippen molar-refractivity contribution in [3.63, 3.8) is 0 Å². The first-order valence-electron chi connectivity index (χ1n) is 5.71. The van der Waals surface area contributed by atoms with Crippen molar-refractivity contribution in [3.05, 3.63) is 0 Å². The van der Waals surface area contributed by atoms with E-state index >= 15 is 0 Å². The highest BCUT2D eigenvalue weighted by Crippen LogP contribution is 2.50.